The second-order valence-electron chi connectivity index (χ2n) is 4.73. The van der Waals surface area contributed by atoms with Crippen LogP contribution in [0, 0.1) is 5.92 Å². The van der Waals surface area contributed by atoms with Crippen molar-refractivity contribution in [1.29, 1.82) is 0 Å². The molecule has 1 aliphatic heterocycles. The fourth-order valence-corrected chi connectivity index (χ4v) is 3.44. The van der Waals surface area contributed by atoms with Crippen molar-refractivity contribution in [2.24, 2.45) is 5.92 Å². The molecule has 0 spiro atoms. The van der Waals surface area contributed by atoms with Crippen LogP contribution in [0.1, 0.15) is 23.2 Å². The minimum Gasteiger partial charge on any atom is -0.497 e. The number of carbonyl (C=O) groups is 1. The highest BCUT2D eigenvalue weighted by molar-refractivity contribution is 9.10. The van der Waals surface area contributed by atoms with E-state index >= 15 is 0 Å². The summed E-state index contributed by atoms with van der Waals surface area (Å²) >= 11 is 6.91. The van der Waals surface area contributed by atoms with Crippen LogP contribution in [0.3, 0.4) is 0 Å². The smallest absolute Gasteiger partial charge is 0.255 e. The molecule has 1 aliphatic rings. The van der Waals surface area contributed by atoms with Gasteiger partial charge in [-0.3, -0.25) is 4.79 Å². The largest absolute Gasteiger partial charge is 0.497 e. The van der Waals surface area contributed by atoms with Crippen LogP contribution in [0.4, 0.5) is 0 Å². The minimum atomic E-state index is 0.0860. The molecule has 1 amide bonds. The number of benzene rings is 1. The van der Waals surface area contributed by atoms with Crippen molar-refractivity contribution in [3.63, 3.8) is 0 Å². The molecule has 5 heteroatoms. The van der Waals surface area contributed by atoms with Gasteiger partial charge in [0.1, 0.15) is 5.75 Å². The van der Waals surface area contributed by atoms with Gasteiger partial charge < -0.3 is 9.64 Å². The zero-order valence-corrected chi connectivity index (χ0v) is 14.0. The summed E-state index contributed by atoms with van der Waals surface area (Å²) in [6.07, 6.45) is 2.22. The molecule has 19 heavy (non-hydrogen) atoms. The number of amides is 1. The van der Waals surface area contributed by atoms with Crippen molar-refractivity contribution in [1.82, 2.24) is 4.90 Å². The fraction of sp³-hybridized carbons (Fsp3) is 0.500. The molecule has 0 aromatic heterocycles. The average molecular weight is 391 g/mol. The Kier molecular flexibility index (Phi) is 5.28. The van der Waals surface area contributed by atoms with E-state index < -0.39 is 0 Å². The Morgan fingerprint density at radius 2 is 2.32 bits per heavy atom. The maximum absolute atomic E-state index is 12.5. The lowest BCUT2D eigenvalue weighted by Crippen LogP contribution is -2.29. The van der Waals surface area contributed by atoms with E-state index in [1.165, 1.54) is 0 Å². The number of hydrogen-bond donors (Lipinski definition) is 0. The number of carbonyl (C=O) groups excluding carboxylic acids is 1. The molecule has 0 N–H and O–H groups in total. The van der Waals surface area contributed by atoms with Gasteiger partial charge in [-0.2, -0.15) is 0 Å². The van der Waals surface area contributed by atoms with Crippen molar-refractivity contribution in [3.8, 4) is 5.75 Å². The van der Waals surface area contributed by atoms with Gasteiger partial charge >= 0.3 is 0 Å². The Bertz CT molecular complexity index is 465. The number of halogens is 2. The quantitative estimate of drug-likeness (QED) is 0.733. The Labute approximate surface area is 130 Å². The van der Waals surface area contributed by atoms with Gasteiger partial charge in [-0.25, -0.2) is 0 Å². The van der Waals surface area contributed by atoms with Gasteiger partial charge in [0.15, 0.2) is 0 Å². The van der Waals surface area contributed by atoms with Crippen molar-refractivity contribution in [3.05, 3.63) is 28.2 Å². The molecule has 0 radical (unpaired) electrons. The van der Waals surface area contributed by atoms with Crippen LogP contribution in [0.5, 0.6) is 5.75 Å². The van der Waals surface area contributed by atoms with Gasteiger partial charge in [-0.15, -0.1) is 0 Å². The van der Waals surface area contributed by atoms with Gasteiger partial charge in [0, 0.05) is 22.9 Å². The molecule has 2 rings (SSSR count). The van der Waals surface area contributed by atoms with Crippen molar-refractivity contribution >= 4 is 37.8 Å². The third-order valence-corrected chi connectivity index (χ3v) is 4.64. The monoisotopic (exact) mass is 389 g/mol. The highest BCUT2D eigenvalue weighted by atomic mass is 79.9. The maximum atomic E-state index is 12.5. The Morgan fingerprint density at radius 1 is 1.53 bits per heavy atom. The predicted octanol–water partition coefficient (Wildman–Crippen LogP) is 3.70. The number of nitrogens with zero attached hydrogens (tertiary/aromatic N) is 1. The van der Waals surface area contributed by atoms with Crippen LogP contribution < -0.4 is 4.74 Å². The lowest BCUT2D eigenvalue weighted by atomic mass is 10.1. The molecule has 0 aliphatic carbocycles. The summed E-state index contributed by atoms with van der Waals surface area (Å²) in [7, 11) is 1.61. The maximum Gasteiger partial charge on any atom is 0.255 e. The van der Waals surface area contributed by atoms with E-state index in [-0.39, 0.29) is 5.91 Å². The zero-order chi connectivity index (χ0) is 13.8. The number of rotatable bonds is 4. The lowest BCUT2D eigenvalue weighted by molar-refractivity contribution is 0.0785. The Hall–Kier alpha value is -0.550. The number of alkyl halides is 1. The van der Waals surface area contributed by atoms with Gasteiger partial charge in [0.2, 0.25) is 0 Å². The highest BCUT2D eigenvalue weighted by Crippen LogP contribution is 2.27. The summed E-state index contributed by atoms with van der Waals surface area (Å²) in [5.74, 6) is 1.42. The first-order valence-corrected chi connectivity index (χ1v) is 8.26. The van der Waals surface area contributed by atoms with Gasteiger partial charge in [-0.1, -0.05) is 15.9 Å². The van der Waals surface area contributed by atoms with E-state index in [1.54, 1.807) is 13.2 Å². The van der Waals surface area contributed by atoms with E-state index in [4.69, 9.17) is 4.74 Å². The van der Waals surface area contributed by atoms with Gasteiger partial charge in [-0.05, 0) is 52.9 Å². The van der Waals surface area contributed by atoms with E-state index in [2.05, 4.69) is 31.9 Å². The topological polar surface area (TPSA) is 29.5 Å². The molecule has 1 saturated heterocycles. The summed E-state index contributed by atoms with van der Waals surface area (Å²) in [4.78, 5) is 14.5. The van der Waals surface area contributed by atoms with Crippen LogP contribution in [0.2, 0.25) is 0 Å². The first kappa shape index (κ1) is 14.9. The molecule has 1 unspecified atom stereocenters. The summed E-state index contributed by atoms with van der Waals surface area (Å²) < 4.78 is 6.01. The van der Waals surface area contributed by atoms with Crippen LogP contribution in [-0.4, -0.2) is 36.3 Å². The first-order valence-electron chi connectivity index (χ1n) is 6.34. The summed E-state index contributed by atoms with van der Waals surface area (Å²) in [6, 6.07) is 5.50. The zero-order valence-electron chi connectivity index (χ0n) is 10.9. The molecule has 1 aromatic rings. The molecular formula is C14H17Br2NO2. The Morgan fingerprint density at radius 3 is 3.00 bits per heavy atom. The van der Waals surface area contributed by atoms with Crippen molar-refractivity contribution in [2.75, 3.05) is 25.5 Å². The summed E-state index contributed by atoms with van der Waals surface area (Å²) in [5.41, 5.74) is 0.679. The van der Waals surface area contributed by atoms with Gasteiger partial charge in [0.25, 0.3) is 5.91 Å². The second kappa shape index (κ2) is 6.75. The standard InChI is InChI=1S/C14H17Br2NO2/c1-19-11-2-3-13(16)12(8-11)14(18)17-7-5-10(9-17)4-6-15/h2-3,8,10H,4-7,9H2,1H3. The second-order valence-corrected chi connectivity index (χ2v) is 6.38. The van der Waals surface area contributed by atoms with E-state index in [1.807, 2.05) is 17.0 Å². The van der Waals surface area contributed by atoms with Crippen LogP contribution >= 0.6 is 31.9 Å². The lowest BCUT2D eigenvalue weighted by Gasteiger charge is -2.17. The molecule has 0 bridgehead atoms. The molecule has 1 heterocycles. The fourth-order valence-electron chi connectivity index (χ4n) is 2.37. The van der Waals surface area contributed by atoms with Crippen molar-refractivity contribution < 1.29 is 9.53 Å². The molecule has 3 nitrogen and oxygen atoms in total. The minimum absolute atomic E-state index is 0.0860. The predicted molar refractivity (Wildman–Crippen MR) is 83.1 cm³/mol. The van der Waals surface area contributed by atoms with Gasteiger partial charge in [0.05, 0.1) is 12.7 Å². The van der Waals surface area contributed by atoms with E-state index in [9.17, 15) is 4.79 Å². The molecular weight excluding hydrogens is 374 g/mol. The molecule has 1 atom stereocenters. The number of likely N-dealkylation sites (tertiary alicyclic amines) is 1. The molecule has 104 valence electrons. The number of ether oxygens (including phenoxy) is 1. The molecule has 1 aromatic carbocycles. The van der Waals surface area contributed by atoms with Crippen LogP contribution in [0.15, 0.2) is 22.7 Å². The van der Waals surface area contributed by atoms with Crippen LogP contribution in [0.25, 0.3) is 0 Å². The first-order chi connectivity index (χ1) is 9.15. The van der Waals surface area contributed by atoms with Crippen LogP contribution in [-0.2, 0) is 0 Å². The normalized spacial score (nSPS) is 18.7. The van der Waals surface area contributed by atoms with E-state index in [0.29, 0.717) is 17.2 Å². The number of methoxy groups -OCH3 is 1. The summed E-state index contributed by atoms with van der Waals surface area (Å²) in [5, 5.41) is 1.00. The molecule has 1 fully saturated rings. The third-order valence-electron chi connectivity index (χ3n) is 3.49. The summed E-state index contributed by atoms with van der Waals surface area (Å²) in [6.45, 7) is 1.70. The average Bonchev–Trinajstić information content (AvgIpc) is 2.88. The SMILES string of the molecule is COc1ccc(Br)c(C(=O)N2CCC(CCBr)C2)c1. The van der Waals surface area contributed by atoms with E-state index in [0.717, 1.165) is 35.7 Å². The molecule has 0 saturated carbocycles. The third kappa shape index (κ3) is 3.51. The number of hydrogen-bond acceptors (Lipinski definition) is 2. The van der Waals surface area contributed by atoms with Crippen molar-refractivity contribution in [2.45, 2.75) is 12.8 Å². The Balaban J connectivity index is 2.12. The highest BCUT2D eigenvalue weighted by Gasteiger charge is 2.27.